The molecule has 2 heterocycles. The van der Waals surface area contributed by atoms with Gasteiger partial charge in [-0.1, -0.05) is 22.9 Å². The number of benzene rings is 1. The zero-order chi connectivity index (χ0) is 17.3. The van der Waals surface area contributed by atoms with E-state index in [0.29, 0.717) is 33.6 Å². The molecule has 0 fully saturated rings. The quantitative estimate of drug-likeness (QED) is 0.744. The summed E-state index contributed by atoms with van der Waals surface area (Å²) in [4.78, 5) is 28.3. The SMILES string of the molecule is CC(=O)Nc1ccc(Cl)cc1NCc1cc(=O)n2nc(C)sc2n1. The molecule has 124 valence electrons. The zero-order valence-corrected chi connectivity index (χ0v) is 14.5. The molecule has 0 radical (unpaired) electrons. The molecule has 0 aliphatic rings. The maximum absolute atomic E-state index is 12.1. The van der Waals surface area contributed by atoms with Gasteiger partial charge >= 0.3 is 0 Å². The maximum atomic E-state index is 12.1. The smallest absolute Gasteiger partial charge is 0.275 e. The summed E-state index contributed by atoms with van der Waals surface area (Å²) in [5.41, 5.74) is 1.62. The van der Waals surface area contributed by atoms with Crippen LogP contribution >= 0.6 is 22.9 Å². The molecule has 3 aromatic rings. The average Bonchev–Trinajstić information content (AvgIpc) is 2.88. The van der Waals surface area contributed by atoms with Gasteiger partial charge in [0.2, 0.25) is 10.9 Å². The van der Waals surface area contributed by atoms with Gasteiger partial charge in [0.25, 0.3) is 5.56 Å². The van der Waals surface area contributed by atoms with Crippen molar-refractivity contribution in [2.75, 3.05) is 10.6 Å². The highest BCUT2D eigenvalue weighted by Crippen LogP contribution is 2.26. The lowest BCUT2D eigenvalue weighted by atomic mass is 10.2. The molecule has 2 N–H and O–H groups in total. The third-order valence-corrected chi connectivity index (χ3v) is 4.21. The van der Waals surface area contributed by atoms with Crippen molar-refractivity contribution < 1.29 is 4.79 Å². The first kappa shape index (κ1) is 16.4. The molecular formula is C15H14ClN5O2S. The maximum Gasteiger partial charge on any atom is 0.275 e. The standard InChI is InChI=1S/C15H14ClN5O2S/c1-8(22)18-12-4-3-10(16)5-13(12)17-7-11-6-14(23)21-15(19-11)24-9(2)20-21/h3-6,17H,7H2,1-2H3,(H,18,22). The normalized spacial score (nSPS) is 10.8. The third-order valence-electron chi connectivity index (χ3n) is 3.15. The van der Waals surface area contributed by atoms with Gasteiger partial charge in [0.1, 0.15) is 5.01 Å². The summed E-state index contributed by atoms with van der Waals surface area (Å²) < 4.78 is 1.28. The summed E-state index contributed by atoms with van der Waals surface area (Å²) in [5, 5.41) is 11.3. The number of carbonyl (C=O) groups excluding carboxylic acids is 1. The lowest BCUT2D eigenvalue weighted by Crippen LogP contribution is -2.17. The Kier molecular flexibility index (Phi) is 4.50. The van der Waals surface area contributed by atoms with E-state index in [4.69, 9.17) is 11.6 Å². The van der Waals surface area contributed by atoms with Gasteiger partial charge in [-0.3, -0.25) is 9.59 Å². The number of halogens is 1. The molecule has 0 saturated carbocycles. The molecule has 3 rings (SSSR count). The van der Waals surface area contributed by atoms with E-state index < -0.39 is 0 Å². The van der Waals surface area contributed by atoms with Gasteiger partial charge < -0.3 is 10.6 Å². The zero-order valence-electron chi connectivity index (χ0n) is 13.0. The van der Waals surface area contributed by atoms with Crippen molar-refractivity contribution in [2.45, 2.75) is 20.4 Å². The van der Waals surface area contributed by atoms with Crippen LogP contribution in [0.4, 0.5) is 11.4 Å². The Labute approximate surface area is 146 Å². The Bertz CT molecular complexity index is 982. The minimum atomic E-state index is -0.227. The number of hydrogen-bond acceptors (Lipinski definition) is 6. The minimum absolute atomic E-state index is 0.182. The average molecular weight is 364 g/mol. The van der Waals surface area contributed by atoms with E-state index >= 15 is 0 Å². The van der Waals surface area contributed by atoms with Crippen molar-refractivity contribution in [3.05, 3.63) is 50.3 Å². The second-order valence-corrected chi connectivity index (χ2v) is 6.72. The topological polar surface area (TPSA) is 88.4 Å². The Morgan fingerprint density at radius 1 is 1.33 bits per heavy atom. The predicted molar refractivity (Wildman–Crippen MR) is 95.0 cm³/mol. The van der Waals surface area contributed by atoms with Crippen LogP contribution in [-0.4, -0.2) is 20.5 Å². The number of fused-ring (bicyclic) bond motifs is 1. The highest BCUT2D eigenvalue weighted by atomic mass is 35.5. The largest absolute Gasteiger partial charge is 0.378 e. The fraction of sp³-hybridized carbons (Fsp3) is 0.200. The molecule has 2 aromatic heterocycles. The van der Waals surface area contributed by atoms with Crippen LogP contribution in [0, 0.1) is 6.92 Å². The Balaban J connectivity index is 1.87. The van der Waals surface area contributed by atoms with E-state index in [-0.39, 0.29) is 11.5 Å². The van der Waals surface area contributed by atoms with E-state index in [0.717, 1.165) is 5.01 Å². The minimum Gasteiger partial charge on any atom is -0.378 e. The van der Waals surface area contributed by atoms with Crippen molar-refractivity contribution in [3.8, 4) is 0 Å². The van der Waals surface area contributed by atoms with Gasteiger partial charge in [-0.05, 0) is 25.1 Å². The Hall–Kier alpha value is -2.45. The van der Waals surface area contributed by atoms with Crippen molar-refractivity contribution in [3.63, 3.8) is 0 Å². The summed E-state index contributed by atoms with van der Waals surface area (Å²) in [6.07, 6.45) is 0. The molecule has 1 amide bonds. The highest BCUT2D eigenvalue weighted by molar-refractivity contribution is 7.16. The van der Waals surface area contributed by atoms with Gasteiger partial charge in [-0.25, -0.2) is 4.98 Å². The van der Waals surface area contributed by atoms with Gasteiger partial charge in [-0.15, -0.1) is 0 Å². The van der Waals surface area contributed by atoms with Gasteiger partial charge in [0.05, 0.1) is 23.6 Å². The number of aryl methyl sites for hydroxylation is 1. The number of amides is 1. The first-order valence-corrected chi connectivity index (χ1v) is 8.29. The van der Waals surface area contributed by atoms with E-state index in [1.54, 1.807) is 18.2 Å². The number of rotatable bonds is 4. The van der Waals surface area contributed by atoms with Crippen LogP contribution in [0.5, 0.6) is 0 Å². The summed E-state index contributed by atoms with van der Waals surface area (Å²) in [7, 11) is 0. The first-order chi connectivity index (χ1) is 11.4. The van der Waals surface area contributed by atoms with Crippen LogP contribution in [0.25, 0.3) is 4.96 Å². The van der Waals surface area contributed by atoms with Crippen molar-refractivity contribution in [1.29, 1.82) is 0 Å². The Morgan fingerprint density at radius 2 is 2.12 bits per heavy atom. The fourth-order valence-electron chi connectivity index (χ4n) is 2.19. The number of hydrogen-bond donors (Lipinski definition) is 2. The second-order valence-electron chi connectivity index (χ2n) is 5.13. The van der Waals surface area contributed by atoms with E-state index in [1.807, 2.05) is 6.92 Å². The number of nitrogens with one attached hydrogen (secondary N) is 2. The first-order valence-electron chi connectivity index (χ1n) is 7.10. The molecule has 0 atom stereocenters. The number of carbonyl (C=O) groups is 1. The predicted octanol–water partition coefficient (Wildman–Crippen LogP) is 2.68. The molecule has 0 aliphatic carbocycles. The van der Waals surface area contributed by atoms with E-state index in [1.165, 1.54) is 28.8 Å². The lowest BCUT2D eigenvalue weighted by Gasteiger charge is -2.12. The third kappa shape index (κ3) is 3.55. The van der Waals surface area contributed by atoms with Crippen LogP contribution in [-0.2, 0) is 11.3 Å². The summed E-state index contributed by atoms with van der Waals surface area (Å²) in [6, 6.07) is 6.54. The van der Waals surface area contributed by atoms with Crippen LogP contribution < -0.4 is 16.2 Å². The summed E-state index contributed by atoms with van der Waals surface area (Å²) in [5.74, 6) is -0.182. The number of anilines is 2. The highest BCUT2D eigenvalue weighted by Gasteiger charge is 2.09. The molecular weight excluding hydrogens is 350 g/mol. The molecule has 24 heavy (non-hydrogen) atoms. The van der Waals surface area contributed by atoms with Crippen molar-refractivity contribution >= 4 is 45.2 Å². The molecule has 9 heteroatoms. The van der Waals surface area contributed by atoms with Crippen molar-refractivity contribution in [1.82, 2.24) is 14.6 Å². The number of nitrogens with zero attached hydrogens (tertiary/aromatic N) is 3. The van der Waals surface area contributed by atoms with Crippen LogP contribution in [0.1, 0.15) is 17.6 Å². The fourth-order valence-corrected chi connectivity index (χ4v) is 3.13. The van der Waals surface area contributed by atoms with Crippen LogP contribution in [0.2, 0.25) is 5.02 Å². The monoisotopic (exact) mass is 363 g/mol. The summed E-state index contributed by atoms with van der Waals surface area (Å²) in [6.45, 7) is 3.57. The molecule has 0 aliphatic heterocycles. The number of aromatic nitrogens is 3. The van der Waals surface area contributed by atoms with Gasteiger partial charge in [-0.2, -0.15) is 9.61 Å². The Morgan fingerprint density at radius 3 is 2.88 bits per heavy atom. The molecule has 0 spiro atoms. The second kappa shape index (κ2) is 6.58. The van der Waals surface area contributed by atoms with Gasteiger partial charge in [0, 0.05) is 18.0 Å². The molecule has 0 saturated heterocycles. The molecule has 1 aromatic carbocycles. The van der Waals surface area contributed by atoms with Crippen LogP contribution in [0.3, 0.4) is 0 Å². The summed E-state index contributed by atoms with van der Waals surface area (Å²) >= 11 is 7.36. The molecule has 0 bridgehead atoms. The van der Waals surface area contributed by atoms with E-state index in [2.05, 4.69) is 20.7 Å². The lowest BCUT2D eigenvalue weighted by molar-refractivity contribution is -0.114. The van der Waals surface area contributed by atoms with Crippen molar-refractivity contribution in [2.24, 2.45) is 0 Å². The molecule has 0 unspecified atom stereocenters. The van der Waals surface area contributed by atoms with Crippen LogP contribution in [0.15, 0.2) is 29.1 Å². The van der Waals surface area contributed by atoms with Gasteiger partial charge in [0.15, 0.2) is 0 Å². The molecule has 7 nitrogen and oxygen atoms in total. The van der Waals surface area contributed by atoms with E-state index in [9.17, 15) is 9.59 Å².